The number of oxime groups is 1. The Hall–Kier alpha value is -1.59. The molecule has 0 unspecified atom stereocenters. The third-order valence-corrected chi connectivity index (χ3v) is 0.944. The van der Waals surface area contributed by atoms with E-state index in [0.717, 1.165) is 0 Å². The van der Waals surface area contributed by atoms with Gasteiger partial charge in [0.2, 0.25) is 0 Å². The summed E-state index contributed by atoms with van der Waals surface area (Å²) >= 11 is 0. The highest BCUT2D eigenvalue weighted by Crippen LogP contribution is 1.83. The first-order chi connectivity index (χ1) is 4.74. The van der Waals surface area contributed by atoms with Crippen LogP contribution in [-0.4, -0.2) is 25.9 Å². The van der Waals surface area contributed by atoms with E-state index in [9.17, 15) is 0 Å². The summed E-state index contributed by atoms with van der Waals surface area (Å²) in [6.45, 7) is 1.71. The average Bonchev–Trinajstić information content (AvgIpc) is 2.34. The fourth-order valence-electron chi connectivity index (χ4n) is 0.502. The van der Waals surface area contributed by atoms with Crippen molar-refractivity contribution in [2.75, 3.05) is 0 Å². The maximum atomic E-state index is 8.17. The Labute approximate surface area is 57.0 Å². The molecule has 1 aromatic heterocycles. The second-order valence-corrected chi connectivity index (χ2v) is 1.69. The molecule has 0 fully saturated rings. The van der Waals surface area contributed by atoms with E-state index >= 15 is 0 Å². The summed E-state index contributed by atoms with van der Waals surface area (Å²) in [5.41, 5.74) is 5.17. The average molecular weight is 141 g/mol. The van der Waals surface area contributed by atoms with Crippen LogP contribution in [0.15, 0.2) is 11.5 Å². The fraction of sp³-hybridized carbons (Fsp3) is 0.250. The Kier molecular flexibility index (Phi) is 1.53. The van der Waals surface area contributed by atoms with Gasteiger partial charge in [-0.1, -0.05) is 0 Å². The summed E-state index contributed by atoms with van der Waals surface area (Å²) in [6, 6.07) is 0. The monoisotopic (exact) mass is 141 g/mol. The van der Waals surface area contributed by atoms with Gasteiger partial charge in [-0.2, -0.15) is 4.68 Å². The zero-order valence-electron chi connectivity index (χ0n) is 5.39. The van der Waals surface area contributed by atoms with Crippen LogP contribution in [0.4, 0.5) is 0 Å². The summed E-state index contributed by atoms with van der Waals surface area (Å²) in [4.78, 5) is 3.77. The number of hydrogen-bond donors (Lipinski definition) is 2. The zero-order chi connectivity index (χ0) is 7.56. The van der Waals surface area contributed by atoms with Crippen molar-refractivity contribution in [3.63, 3.8) is 0 Å². The van der Waals surface area contributed by atoms with E-state index in [1.54, 1.807) is 6.92 Å². The summed E-state index contributed by atoms with van der Waals surface area (Å²) in [7, 11) is 0. The Morgan fingerprint density at radius 2 is 2.60 bits per heavy atom. The molecule has 0 spiro atoms. The Bertz CT molecular complexity index is 252. The van der Waals surface area contributed by atoms with Crippen LogP contribution in [-0.2, 0) is 0 Å². The van der Waals surface area contributed by atoms with Gasteiger partial charge in [0.1, 0.15) is 12.2 Å². The summed E-state index contributed by atoms with van der Waals surface area (Å²) in [5, 5.41) is 14.7. The molecule has 0 amide bonds. The largest absolute Gasteiger partial charge is 0.408 e. The molecule has 0 aliphatic rings. The van der Waals surface area contributed by atoms with Crippen LogP contribution in [0.1, 0.15) is 5.82 Å². The van der Waals surface area contributed by atoms with Crippen molar-refractivity contribution in [1.82, 2.24) is 14.8 Å². The minimum absolute atomic E-state index is 0.0967. The van der Waals surface area contributed by atoms with Crippen LogP contribution in [0.3, 0.4) is 0 Å². The summed E-state index contributed by atoms with van der Waals surface area (Å²) < 4.78 is 1.18. The quantitative estimate of drug-likeness (QED) is 0.213. The van der Waals surface area contributed by atoms with E-state index in [1.165, 1.54) is 11.0 Å². The zero-order valence-corrected chi connectivity index (χ0v) is 5.39. The molecule has 0 atom stereocenters. The topological polar surface area (TPSA) is 89.3 Å². The lowest BCUT2D eigenvalue weighted by Gasteiger charge is -1.91. The second kappa shape index (κ2) is 2.34. The van der Waals surface area contributed by atoms with Gasteiger partial charge in [-0.25, -0.2) is 4.98 Å². The van der Waals surface area contributed by atoms with E-state index in [2.05, 4.69) is 15.2 Å². The van der Waals surface area contributed by atoms with Gasteiger partial charge in [0.05, 0.1) is 0 Å². The minimum Gasteiger partial charge on any atom is -0.408 e. The lowest BCUT2D eigenvalue weighted by atomic mass is 10.8. The van der Waals surface area contributed by atoms with Crippen LogP contribution in [0.25, 0.3) is 0 Å². The third-order valence-electron chi connectivity index (χ3n) is 0.944. The molecule has 0 saturated carbocycles. The molecule has 0 aliphatic carbocycles. The van der Waals surface area contributed by atoms with Crippen molar-refractivity contribution in [1.29, 1.82) is 0 Å². The first kappa shape index (κ1) is 6.53. The molecular formula is C4H7N5O. The minimum atomic E-state index is -0.0967. The Morgan fingerprint density at radius 1 is 1.90 bits per heavy atom. The molecule has 1 rings (SSSR count). The van der Waals surface area contributed by atoms with Crippen molar-refractivity contribution in [3.8, 4) is 0 Å². The van der Waals surface area contributed by atoms with E-state index in [4.69, 9.17) is 10.9 Å². The number of aromatic nitrogens is 3. The molecule has 0 aliphatic heterocycles. The van der Waals surface area contributed by atoms with Crippen LogP contribution < -0.4 is 5.73 Å². The van der Waals surface area contributed by atoms with E-state index in [-0.39, 0.29) is 5.96 Å². The second-order valence-electron chi connectivity index (χ2n) is 1.69. The number of aryl methyl sites for hydroxylation is 1. The number of nitrogens with zero attached hydrogens (tertiary/aromatic N) is 4. The normalized spacial score (nSPS) is 11.9. The van der Waals surface area contributed by atoms with E-state index < -0.39 is 0 Å². The number of nitrogens with two attached hydrogens (primary N) is 1. The van der Waals surface area contributed by atoms with Gasteiger partial charge >= 0.3 is 0 Å². The molecular weight excluding hydrogens is 134 g/mol. The predicted octanol–water partition coefficient (Wildman–Crippen LogP) is -0.861. The lowest BCUT2D eigenvalue weighted by Crippen LogP contribution is -2.22. The first-order valence-corrected chi connectivity index (χ1v) is 2.60. The molecule has 0 bridgehead atoms. The highest BCUT2D eigenvalue weighted by atomic mass is 16.4. The molecule has 0 radical (unpaired) electrons. The fourth-order valence-corrected chi connectivity index (χ4v) is 0.502. The van der Waals surface area contributed by atoms with Crippen LogP contribution >= 0.6 is 0 Å². The first-order valence-electron chi connectivity index (χ1n) is 2.60. The molecule has 1 heterocycles. The van der Waals surface area contributed by atoms with Gasteiger partial charge in [0.25, 0.3) is 5.96 Å². The highest BCUT2D eigenvalue weighted by Gasteiger charge is 1.97. The van der Waals surface area contributed by atoms with Crippen molar-refractivity contribution < 1.29 is 5.21 Å². The van der Waals surface area contributed by atoms with Crippen molar-refractivity contribution >= 4 is 5.96 Å². The molecule has 0 saturated heterocycles. The van der Waals surface area contributed by atoms with Crippen molar-refractivity contribution in [2.24, 2.45) is 10.9 Å². The van der Waals surface area contributed by atoms with Crippen LogP contribution in [0.2, 0.25) is 0 Å². The SMILES string of the molecule is Cc1ncn(C(N)=NO)n1. The smallest absolute Gasteiger partial charge is 0.259 e. The van der Waals surface area contributed by atoms with Gasteiger partial charge in [-0.15, -0.1) is 5.10 Å². The van der Waals surface area contributed by atoms with Gasteiger partial charge in [-0.3, -0.25) is 0 Å². The number of hydrogen-bond acceptors (Lipinski definition) is 4. The van der Waals surface area contributed by atoms with Gasteiger partial charge < -0.3 is 10.9 Å². The molecule has 3 N–H and O–H groups in total. The summed E-state index contributed by atoms with van der Waals surface area (Å²) in [5.74, 6) is 0.479. The number of rotatable bonds is 0. The highest BCUT2D eigenvalue weighted by molar-refractivity contribution is 5.78. The maximum Gasteiger partial charge on any atom is 0.259 e. The maximum absolute atomic E-state index is 8.17. The summed E-state index contributed by atoms with van der Waals surface area (Å²) in [6.07, 6.45) is 1.37. The van der Waals surface area contributed by atoms with Crippen molar-refractivity contribution in [2.45, 2.75) is 6.92 Å². The third kappa shape index (κ3) is 1.04. The van der Waals surface area contributed by atoms with Crippen molar-refractivity contribution in [3.05, 3.63) is 12.2 Å². The standard InChI is InChI=1S/C4H7N5O/c1-3-6-2-9(7-3)4(5)8-10/h2,10H,1H3,(H2,5,8). The van der Waals surface area contributed by atoms with E-state index in [0.29, 0.717) is 5.82 Å². The molecule has 0 aromatic carbocycles. The molecule has 10 heavy (non-hydrogen) atoms. The molecule has 6 heteroatoms. The van der Waals surface area contributed by atoms with E-state index in [1.807, 2.05) is 0 Å². The molecule has 54 valence electrons. The predicted molar refractivity (Wildman–Crippen MR) is 33.6 cm³/mol. The van der Waals surface area contributed by atoms with Gasteiger partial charge in [0, 0.05) is 0 Å². The van der Waals surface area contributed by atoms with Gasteiger partial charge in [-0.05, 0) is 12.1 Å². The van der Waals surface area contributed by atoms with Crippen LogP contribution in [0, 0.1) is 6.92 Å². The van der Waals surface area contributed by atoms with Gasteiger partial charge in [0.15, 0.2) is 0 Å². The lowest BCUT2D eigenvalue weighted by molar-refractivity contribution is 0.315. The molecule has 1 aromatic rings. The Morgan fingerprint density at radius 3 is 3.00 bits per heavy atom. The molecule has 6 nitrogen and oxygen atoms in total. The van der Waals surface area contributed by atoms with Crippen LogP contribution in [0.5, 0.6) is 0 Å². The Balaban J connectivity index is 2.95.